The van der Waals surface area contributed by atoms with Gasteiger partial charge >= 0.3 is 5.97 Å². The lowest BCUT2D eigenvalue weighted by Gasteiger charge is -2.37. The average molecular weight is 270 g/mol. The van der Waals surface area contributed by atoms with Crippen LogP contribution >= 0.6 is 0 Å². The fourth-order valence-electron chi connectivity index (χ4n) is 2.75. The van der Waals surface area contributed by atoms with E-state index in [0.717, 1.165) is 44.9 Å². The Morgan fingerprint density at radius 3 is 2.74 bits per heavy atom. The second-order valence-corrected chi connectivity index (χ2v) is 6.05. The van der Waals surface area contributed by atoms with Crippen molar-refractivity contribution in [2.75, 3.05) is 33.3 Å². The van der Waals surface area contributed by atoms with E-state index in [1.54, 1.807) is 0 Å². The minimum atomic E-state index is -0.0588. The number of esters is 1. The van der Waals surface area contributed by atoms with Crippen molar-refractivity contribution in [3.63, 3.8) is 0 Å². The summed E-state index contributed by atoms with van der Waals surface area (Å²) >= 11 is 0. The maximum Gasteiger partial charge on any atom is 0.310 e. The summed E-state index contributed by atoms with van der Waals surface area (Å²) in [5, 5.41) is 3.60. The lowest BCUT2D eigenvalue weighted by atomic mass is 9.94. The number of nitrogens with one attached hydrogen (secondary N) is 1. The highest BCUT2D eigenvalue weighted by molar-refractivity contribution is 5.72. The molecule has 0 saturated carbocycles. The summed E-state index contributed by atoms with van der Waals surface area (Å²) in [6.45, 7) is 10.7. The number of nitrogens with zero attached hydrogens (tertiary/aromatic N) is 1. The molecule has 2 atom stereocenters. The number of piperidine rings is 1. The minimum Gasteiger partial charge on any atom is -0.469 e. The molecule has 1 aliphatic rings. The number of hydrogen-bond donors (Lipinski definition) is 1. The first-order valence-corrected chi connectivity index (χ1v) is 7.60. The summed E-state index contributed by atoms with van der Waals surface area (Å²) in [5.41, 5.74) is 0. The van der Waals surface area contributed by atoms with Gasteiger partial charge in [-0.1, -0.05) is 20.8 Å². The molecule has 1 saturated heterocycles. The summed E-state index contributed by atoms with van der Waals surface area (Å²) in [4.78, 5) is 14.2. The Hall–Kier alpha value is -0.610. The summed E-state index contributed by atoms with van der Waals surface area (Å²) in [5.74, 6) is 0.692. The van der Waals surface area contributed by atoms with Gasteiger partial charge in [0.2, 0.25) is 0 Å². The smallest absolute Gasteiger partial charge is 0.310 e. The van der Waals surface area contributed by atoms with Crippen LogP contribution in [0.3, 0.4) is 0 Å². The van der Waals surface area contributed by atoms with Crippen LogP contribution in [0.25, 0.3) is 0 Å². The fraction of sp³-hybridized carbons (Fsp3) is 0.933. The molecule has 0 aromatic rings. The van der Waals surface area contributed by atoms with Gasteiger partial charge in [-0.25, -0.2) is 0 Å². The van der Waals surface area contributed by atoms with Gasteiger partial charge in [-0.15, -0.1) is 0 Å². The number of methoxy groups -OCH3 is 1. The molecule has 1 heterocycles. The minimum absolute atomic E-state index is 0.0295. The molecule has 0 amide bonds. The predicted molar refractivity (Wildman–Crippen MR) is 78.1 cm³/mol. The molecule has 0 radical (unpaired) electrons. The van der Waals surface area contributed by atoms with Gasteiger partial charge in [-0.05, 0) is 38.3 Å². The topological polar surface area (TPSA) is 41.6 Å². The zero-order valence-corrected chi connectivity index (χ0v) is 12.9. The van der Waals surface area contributed by atoms with Gasteiger partial charge in [0.25, 0.3) is 0 Å². The number of hydrogen-bond acceptors (Lipinski definition) is 4. The molecule has 19 heavy (non-hydrogen) atoms. The van der Waals surface area contributed by atoms with Crippen LogP contribution in [0.4, 0.5) is 0 Å². The third-order valence-corrected chi connectivity index (χ3v) is 3.76. The molecule has 4 heteroatoms. The molecule has 0 bridgehead atoms. The van der Waals surface area contributed by atoms with Crippen LogP contribution in [0, 0.1) is 11.8 Å². The van der Waals surface area contributed by atoms with E-state index in [0.29, 0.717) is 6.04 Å². The third-order valence-electron chi connectivity index (χ3n) is 3.76. The normalized spacial score (nSPS) is 24.7. The highest BCUT2D eigenvalue weighted by Gasteiger charge is 2.31. The number of likely N-dealkylation sites (tertiary alicyclic amines) is 1. The first-order chi connectivity index (χ1) is 9.06. The van der Waals surface area contributed by atoms with Crippen LogP contribution < -0.4 is 5.32 Å². The number of rotatable bonds is 7. The van der Waals surface area contributed by atoms with Crippen molar-refractivity contribution in [3.8, 4) is 0 Å². The zero-order chi connectivity index (χ0) is 14.3. The van der Waals surface area contributed by atoms with Crippen molar-refractivity contribution in [1.82, 2.24) is 10.2 Å². The Morgan fingerprint density at radius 2 is 2.16 bits per heavy atom. The van der Waals surface area contributed by atoms with Crippen molar-refractivity contribution in [2.45, 2.75) is 46.1 Å². The molecule has 0 aromatic heterocycles. The van der Waals surface area contributed by atoms with Crippen LogP contribution in [-0.4, -0.2) is 50.2 Å². The Balaban J connectivity index is 2.47. The molecule has 0 aliphatic carbocycles. The van der Waals surface area contributed by atoms with Gasteiger partial charge in [0.1, 0.15) is 0 Å². The zero-order valence-electron chi connectivity index (χ0n) is 12.9. The van der Waals surface area contributed by atoms with Crippen molar-refractivity contribution in [1.29, 1.82) is 0 Å². The van der Waals surface area contributed by atoms with Crippen LogP contribution in [0.2, 0.25) is 0 Å². The monoisotopic (exact) mass is 270 g/mol. The highest BCUT2D eigenvalue weighted by atomic mass is 16.5. The summed E-state index contributed by atoms with van der Waals surface area (Å²) in [6.07, 6.45) is 3.23. The van der Waals surface area contributed by atoms with Crippen LogP contribution in [-0.2, 0) is 9.53 Å². The first kappa shape index (κ1) is 16.4. The van der Waals surface area contributed by atoms with Crippen LogP contribution in [0.15, 0.2) is 0 Å². The molecule has 112 valence electrons. The number of ether oxygens (including phenoxy) is 1. The summed E-state index contributed by atoms with van der Waals surface area (Å²) < 4.78 is 4.91. The van der Waals surface area contributed by atoms with E-state index in [4.69, 9.17) is 4.74 Å². The maximum absolute atomic E-state index is 11.8. The molecule has 4 nitrogen and oxygen atoms in total. The lowest BCUT2D eigenvalue weighted by molar-refractivity contribution is -0.147. The Labute approximate surface area is 117 Å². The third kappa shape index (κ3) is 5.91. The summed E-state index contributed by atoms with van der Waals surface area (Å²) in [7, 11) is 1.49. The van der Waals surface area contributed by atoms with E-state index >= 15 is 0 Å². The largest absolute Gasteiger partial charge is 0.469 e. The van der Waals surface area contributed by atoms with Crippen LogP contribution in [0.1, 0.15) is 40.0 Å². The van der Waals surface area contributed by atoms with E-state index in [2.05, 4.69) is 31.0 Å². The maximum atomic E-state index is 11.8. The van der Waals surface area contributed by atoms with Crippen molar-refractivity contribution >= 4 is 5.97 Å². The lowest BCUT2D eigenvalue weighted by Crippen LogP contribution is -2.51. The SMILES string of the molecule is CCCN1CC(NCCC(C)C)CC(C(=O)OC)C1. The fourth-order valence-corrected chi connectivity index (χ4v) is 2.75. The molecule has 0 aromatic carbocycles. The average Bonchev–Trinajstić information content (AvgIpc) is 2.37. The van der Waals surface area contributed by atoms with Gasteiger partial charge < -0.3 is 15.0 Å². The van der Waals surface area contributed by atoms with Gasteiger partial charge in [0.05, 0.1) is 13.0 Å². The van der Waals surface area contributed by atoms with Gasteiger partial charge in [0.15, 0.2) is 0 Å². The molecule has 0 spiro atoms. The van der Waals surface area contributed by atoms with Crippen LogP contribution in [0.5, 0.6) is 0 Å². The van der Waals surface area contributed by atoms with Gasteiger partial charge in [-0.2, -0.15) is 0 Å². The first-order valence-electron chi connectivity index (χ1n) is 7.60. The molecular weight excluding hydrogens is 240 g/mol. The van der Waals surface area contributed by atoms with E-state index < -0.39 is 0 Å². The second kappa shape index (κ2) is 8.54. The number of carbonyl (C=O) groups excluding carboxylic acids is 1. The van der Waals surface area contributed by atoms with E-state index in [1.807, 2.05) is 0 Å². The van der Waals surface area contributed by atoms with Crippen molar-refractivity contribution in [2.24, 2.45) is 11.8 Å². The van der Waals surface area contributed by atoms with E-state index in [1.165, 1.54) is 13.5 Å². The van der Waals surface area contributed by atoms with E-state index in [-0.39, 0.29) is 11.9 Å². The molecular formula is C15H30N2O2. The molecule has 1 aliphatic heterocycles. The summed E-state index contributed by atoms with van der Waals surface area (Å²) in [6, 6.07) is 0.420. The Bertz CT molecular complexity index is 269. The van der Waals surface area contributed by atoms with E-state index in [9.17, 15) is 4.79 Å². The Morgan fingerprint density at radius 1 is 1.42 bits per heavy atom. The number of carbonyl (C=O) groups is 1. The second-order valence-electron chi connectivity index (χ2n) is 6.05. The molecule has 1 fully saturated rings. The van der Waals surface area contributed by atoms with Crippen molar-refractivity contribution in [3.05, 3.63) is 0 Å². The molecule has 1 N–H and O–H groups in total. The van der Waals surface area contributed by atoms with Gasteiger partial charge in [-0.3, -0.25) is 4.79 Å². The van der Waals surface area contributed by atoms with Gasteiger partial charge in [0, 0.05) is 19.1 Å². The van der Waals surface area contributed by atoms with Crippen molar-refractivity contribution < 1.29 is 9.53 Å². The quantitative estimate of drug-likeness (QED) is 0.717. The standard InChI is InChI=1S/C15H30N2O2/c1-5-8-17-10-13(15(18)19-4)9-14(11-17)16-7-6-12(2)3/h12-14,16H,5-11H2,1-4H3. The highest BCUT2D eigenvalue weighted by Crippen LogP contribution is 2.18. The molecule has 2 unspecified atom stereocenters. The predicted octanol–water partition coefficient (Wildman–Crippen LogP) is 1.90. The Kier molecular flexibility index (Phi) is 7.39. The molecule has 1 rings (SSSR count).